The molecule has 1 fully saturated rings. The first kappa shape index (κ1) is 19.1. The monoisotopic (exact) mass is 413 g/mol. The Kier molecular flexibility index (Phi) is 5.44. The van der Waals surface area contributed by atoms with Crippen LogP contribution in [0.3, 0.4) is 0 Å². The first-order chi connectivity index (χ1) is 13.7. The van der Waals surface area contributed by atoms with Crippen LogP contribution >= 0.6 is 23.4 Å². The van der Waals surface area contributed by atoms with Gasteiger partial charge in [0.2, 0.25) is 0 Å². The number of fused-ring (bicyclic) bond motifs is 1. The number of allylic oxidation sites excluding steroid dienone is 3. The quantitative estimate of drug-likeness (QED) is 0.748. The SMILES string of the molecule is C=CC1=C(C=C)c2c(c(C(=O)N3CCOCC3)nn2-c2ccccc2Cl)CS1. The van der Waals surface area contributed by atoms with Gasteiger partial charge in [-0.1, -0.05) is 49.0 Å². The summed E-state index contributed by atoms with van der Waals surface area (Å²) in [5.41, 5.74) is 3.87. The minimum atomic E-state index is -0.0728. The summed E-state index contributed by atoms with van der Waals surface area (Å²) in [4.78, 5) is 16.1. The van der Waals surface area contributed by atoms with Crippen molar-refractivity contribution in [2.45, 2.75) is 5.75 Å². The minimum absolute atomic E-state index is 0.0728. The van der Waals surface area contributed by atoms with Crippen LogP contribution in [0.1, 0.15) is 21.7 Å². The number of carbonyl (C=O) groups is 1. The number of benzene rings is 1. The first-order valence-corrected chi connectivity index (χ1v) is 10.4. The second-order valence-corrected chi connectivity index (χ2v) is 7.84. The van der Waals surface area contributed by atoms with E-state index in [0.717, 1.165) is 27.4 Å². The van der Waals surface area contributed by atoms with E-state index in [-0.39, 0.29) is 5.91 Å². The fraction of sp³-hybridized carbons (Fsp3) is 0.238. The summed E-state index contributed by atoms with van der Waals surface area (Å²) >= 11 is 8.10. The molecule has 144 valence electrons. The van der Waals surface area contributed by atoms with Crippen molar-refractivity contribution in [2.24, 2.45) is 0 Å². The molecule has 2 aliphatic rings. The van der Waals surface area contributed by atoms with Gasteiger partial charge in [0.15, 0.2) is 5.69 Å². The Balaban J connectivity index is 1.92. The lowest BCUT2D eigenvalue weighted by molar-refractivity contribution is 0.0298. The highest BCUT2D eigenvalue weighted by Gasteiger charge is 2.32. The Morgan fingerprint density at radius 1 is 1.21 bits per heavy atom. The van der Waals surface area contributed by atoms with Crippen molar-refractivity contribution in [1.29, 1.82) is 0 Å². The van der Waals surface area contributed by atoms with Crippen LogP contribution < -0.4 is 0 Å². The smallest absolute Gasteiger partial charge is 0.274 e. The van der Waals surface area contributed by atoms with Gasteiger partial charge in [0.05, 0.1) is 29.6 Å². The van der Waals surface area contributed by atoms with Crippen molar-refractivity contribution < 1.29 is 9.53 Å². The zero-order chi connectivity index (χ0) is 19.7. The molecule has 2 aliphatic heterocycles. The predicted molar refractivity (Wildman–Crippen MR) is 114 cm³/mol. The molecule has 1 aromatic heterocycles. The second kappa shape index (κ2) is 7.99. The zero-order valence-electron chi connectivity index (χ0n) is 15.4. The van der Waals surface area contributed by atoms with E-state index in [2.05, 4.69) is 13.2 Å². The predicted octanol–water partition coefficient (Wildman–Crippen LogP) is 4.33. The molecular weight excluding hydrogens is 394 g/mol. The van der Waals surface area contributed by atoms with Gasteiger partial charge in [0, 0.05) is 34.9 Å². The number of amides is 1. The summed E-state index contributed by atoms with van der Waals surface area (Å²) in [5, 5.41) is 5.30. The molecule has 28 heavy (non-hydrogen) atoms. The molecule has 0 spiro atoms. The number of thioether (sulfide) groups is 1. The number of para-hydroxylation sites is 1. The molecule has 0 N–H and O–H groups in total. The molecule has 4 rings (SSSR count). The third-order valence-corrected chi connectivity index (χ3v) is 6.30. The van der Waals surface area contributed by atoms with Crippen molar-refractivity contribution in [3.05, 3.63) is 76.5 Å². The van der Waals surface area contributed by atoms with Crippen LogP contribution in [0.25, 0.3) is 11.3 Å². The van der Waals surface area contributed by atoms with Gasteiger partial charge in [-0.25, -0.2) is 4.68 Å². The summed E-state index contributed by atoms with van der Waals surface area (Å²) in [5.74, 6) is 0.570. The van der Waals surface area contributed by atoms with Gasteiger partial charge in [-0.2, -0.15) is 5.10 Å². The third kappa shape index (κ3) is 3.21. The van der Waals surface area contributed by atoms with Crippen molar-refractivity contribution in [3.63, 3.8) is 0 Å². The molecule has 1 aromatic carbocycles. The fourth-order valence-electron chi connectivity index (χ4n) is 3.46. The van der Waals surface area contributed by atoms with E-state index < -0.39 is 0 Å². The van der Waals surface area contributed by atoms with Crippen LogP contribution in [0.15, 0.2) is 54.5 Å². The maximum Gasteiger partial charge on any atom is 0.274 e. The van der Waals surface area contributed by atoms with Crippen molar-refractivity contribution in [3.8, 4) is 5.69 Å². The van der Waals surface area contributed by atoms with E-state index in [0.29, 0.717) is 42.8 Å². The Labute approximate surface area is 173 Å². The summed E-state index contributed by atoms with van der Waals surface area (Å²) < 4.78 is 7.15. The van der Waals surface area contributed by atoms with Gasteiger partial charge in [0.25, 0.3) is 5.91 Å². The highest BCUT2D eigenvalue weighted by molar-refractivity contribution is 8.02. The van der Waals surface area contributed by atoms with Gasteiger partial charge < -0.3 is 9.64 Å². The minimum Gasteiger partial charge on any atom is -0.378 e. The second-order valence-electron chi connectivity index (χ2n) is 6.42. The number of carbonyl (C=O) groups excluding carboxylic acids is 1. The number of ether oxygens (including phenoxy) is 1. The molecule has 0 saturated carbocycles. The van der Waals surface area contributed by atoms with Crippen molar-refractivity contribution in [2.75, 3.05) is 26.3 Å². The molecule has 7 heteroatoms. The molecule has 0 unspecified atom stereocenters. The Hall–Kier alpha value is -2.28. The summed E-state index contributed by atoms with van der Waals surface area (Å²) in [6.07, 6.45) is 3.61. The number of nitrogens with zero attached hydrogens (tertiary/aromatic N) is 3. The molecule has 0 atom stereocenters. The maximum atomic E-state index is 13.2. The van der Waals surface area contributed by atoms with E-state index in [4.69, 9.17) is 21.4 Å². The molecule has 3 heterocycles. The van der Waals surface area contributed by atoms with Gasteiger partial charge in [0.1, 0.15) is 0 Å². The molecule has 0 radical (unpaired) electrons. The molecule has 1 saturated heterocycles. The van der Waals surface area contributed by atoms with E-state index in [1.807, 2.05) is 30.3 Å². The van der Waals surface area contributed by atoms with E-state index in [1.165, 1.54) is 0 Å². The lowest BCUT2D eigenvalue weighted by Gasteiger charge is -2.26. The first-order valence-electron chi connectivity index (χ1n) is 9.01. The number of aromatic nitrogens is 2. The molecule has 0 aliphatic carbocycles. The summed E-state index contributed by atoms with van der Waals surface area (Å²) in [7, 11) is 0. The standard InChI is InChI=1S/C21H20ClN3O2S/c1-3-14-18(4-2)28-13-15-19(21(26)24-9-11-27-12-10-24)23-25(20(14)15)17-8-6-5-7-16(17)22/h3-8H,1-2,9-13H2. The van der Waals surface area contributed by atoms with Crippen LogP contribution in [0.5, 0.6) is 0 Å². The number of halogens is 1. The van der Waals surface area contributed by atoms with Crippen molar-refractivity contribution >= 4 is 34.8 Å². The summed E-state index contributed by atoms with van der Waals surface area (Å²) in [6, 6.07) is 7.49. The van der Waals surface area contributed by atoms with E-state index in [9.17, 15) is 4.79 Å². The largest absolute Gasteiger partial charge is 0.378 e. The van der Waals surface area contributed by atoms with Gasteiger partial charge in [-0.3, -0.25) is 4.79 Å². The number of hydrogen-bond acceptors (Lipinski definition) is 4. The van der Waals surface area contributed by atoms with E-state index >= 15 is 0 Å². The van der Waals surface area contributed by atoms with Crippen molar-refractivity contribution in [1.82, 2.24) is 14.7 Å². The molecule has 5 nitrogen and oxygen atoms in total. The van der Waals surface area contributed by atoms with Gasteiger partial charge in [-0.15, -0.1) is 11.8 Å². The molecule has 2 aromatic rings. The van der Waals surface area contributed by atoms with Crippen LogP contribution in [-0.4, -0.2) is 46.9 Å². The third-order valence-electron chi connectivity index (χ3n) is 4.85. The summed E-state index contributed by atoms with van der Waals surface area (Å²) in [6.45, 7) is 10.1. The molecule has 1 amide bonds. The lowest BCUT2D eigenvalue weighted by Crippen LogP contribution is -2.41. The number of morpholine rings is 1. The van der Waals surface area contributed by atoms with Gasteiger partial charge >= 0.3 is 0 Å². The average Bonchev–Trinajstić information content (AvgIpc) is 3.13. The van der Waals surface area contributed by atoms with Crippen LogP contribution in [-0.2, 0) is 10.5 Å². The Morgan fingerprint density at radius 3 is 2.64 bits per heavy atom. The Morgan fingerprint density at radius 2 is 1.96 bits per heavy atom. The van der Waals surface area contributed by atoms with E-state index in [1.54, 1.807) is 27.4 Å². The van der Waals surface area contributed by atoms with Crippen LogP contribution in [0.4, 0.5) is 0 Å². The molecule has 0 bridgehead atoms. The normalized spacial score (nSPS) is 16.7. The van der Waals surface area contributed by atoms with Gasteiger partial charge in [-0.05, 0) is 12.1 Å². The highest BCUT2D eigenvalue weighted by atomic mass is 35.5. The molecular formula is C21H20ClN3O2S. The zero-order valence-corrected chi connectivity index (χ0v) is 16.9. The maximum absolute atomic E-state index is 13.2. The average molecular weight is 414 g/mol. The van der Waals surface area contributed by atoms with Crippen LogP contribution in [0, 0.1) is 0 Å². The topological polar surface area (TPSA) is 47.4 Å². The van der Waals surface area contributed by atoms with Crippen LogP contribution in [0.2, 0.25) is 5.02 Å². The number of hydrogen-bond donors (Lipinski definition) is 0. The fourth-order valence-corrected chi connectivity index (χ4v) is 4.70. The number of rotatable bonds is 4. The highest BCUT2D eigenvalue weighted by Crippen LogP contribution is 2.42. The lowest BCUT2D eigenvalue weighted by atomic mass is 10.0. The Bertz CT molecular complexity index is 990.